The number of unbranched alkanes of at least 4 members (excludes halogenated alkanes) is 4. The Labute approximate surface area is 101 Å². The highest BCUT2D eigenvalue weighted by molar-refractivity contribution is 5.03. The normalized spacial score (nSPS) is 9.94. The monoisotopic (exact) mass is 247 g/mol. The molecule has 0 saturated carbocycles. The van der Waals surface area contributed by atoms with Crippen LogP contribution in [0.3, 0.4) is 0 Å². The average Bonchev–Trinajstić information content (AvgIpc) is 2.29. The maximum absolute atomic E-state index is 9.67. The highest BCUT2D eigenvalue weighted by atomic mass is 19.4. The summed E-state index contributed by atoms with van der Waals surface area (Å²) in [6.07, 6.45) is 9.74. The zero-order chi connectivity index (χ0) is 12.9. The smallest absolute Gasteiger partial charge is 0.261 e. The first kappa shape index (κ1) is 15.9. The van der Waals surface area contributed by atoms with Crippen LogP contribution in [-0.4, -0.2) is 11.7 Å². The number of halogens is 3. The van der Waals surface area contributed by atoms with Crippen molar-refractivity contribution < 1.29 is 13.2 Å². The first-order valence-electron chi connectivity index (χ1n) is 5.99. The van der Waals surface area contributed by atoms with Gasteiger partial charge in [-0.25, -0.2) is 0 Å². The summed E-state index contributed by atoms with van der Waals surface area (Å²) in [7, 11) is 0. The van der Waals surface area contributed by atoms with Gasteiger partial charge in [-0.15, -0.1) is 0 Å². The van der Waals surface area contributed by atoms with Crippen LogP contribution in [0.15, 0.2) is 24.4 Å². The summed E-state index contributed by atoms with van der Waals surface area (Å²) in [5.74, 6) is 0. The third-order valence-corrected chi connectivity index (χ3v) is 2.26. The van der Waals surface area contributed by atoms with E-state index in [-0.39, 0.29) is 0 Å². The molecule has 0 fully saturated rings. The second kappa shape index (κ2) is 11.4. The Balaban J connectivity index is 0.000000557. The number of hydrogen-bond donors (Lipinski definition) is 0. The molecule has 1 heterocycles. The quantitative estimate of drug-likeness (QED) is 0.660. The van der Waals surface area contributed by atoms with Gasteiger partial charge < -0.3 is 0 Å². The fraction of sp³-hybridized carbons (Fsp3) is 0.615. The lowest BCUT2D eigenvalue weighted by Gasteiger charge is -1.99. The van der Waals surface area contributed by atoms with Crippen molar-refractivity contribution in [2.45, 2.75) is 52.1 Å². The van der Waals surface area contributed by atoms with Crippen molar-refractivity contribution >= 4 is 0 Å². The molecule has 0 N–H and O–H groups in total. The minimum atomic E-state index is -3.67. The van der Waals surface area contributed by atoms with E-state index in [1.54, 1.807) is 0 Å². The Bertz CT molecular complexity index is 249. The predicted molar refractivity (Wildman–Crippen MR) is 63.8 cm³/mol. The van der Waals surface area contributed by atoms with Gasteiger partial charge >= 0.3 is 6.68 Å². The largest absolute Gasteiger partial charge is 0.379 e. The number of aryl methyl sites for hydroxylation is 1. The molecule has 0 atom stereocenters. The molecule has 0 bridgehead atoms. The van der Waals surface area contributed by atoms with E-state index in [0.29, 0.717) is 0 Å². The van der Waals surface area contributed by atoms with Crippen LogP contribution < -0.4 is 0 Å². The summed E-state index contributed by atoms with van der Waals surface area (Å²) in [4.78, 5) is 4.30. The Morgan fingerprint density at radius 2 is 1.71 bits per heavy atom. The summed E-state index contributed by atoms with van der Waals surface area (Å²) in [6.45, 7) is -1.42. The van der Waals surface area contributed by atoms with Crippen molar-refractivity contribution in [1.82, 2.24) is 4.98 Å². The molecule has 0 radical (unpaired) electrons. The molecule has 4 heteroatoms. The van der Waals surface area contributed by atoms with Crippen LogP contribution in [0.1, 0.15) is 44.7 Å². The van der Waals surface area contributed by atoms with Gasteiger partial charge in [0.15, 0.2) is 0 Å². The third kappa shape index (κ3) is 12.9. The highest BCUT2D eigenvalue weighted by Gasteiger charge is 1.92. The van der Waals surface area contributed by atoms with Crippen molar-refractivity contribution in [2.24, 2.45) is 0 Å². The second-order valence-corrected chi connectivity index (χ2v) is 3.73. The fourth-order valence-corrected chi connectivity index (χ4v) is 1.46. The van der Waals surface area contributed by atoms with Gasteiger partial charge in [0.2, 0.25) is 0 Å². The molecule has 0 spiro atoms. The minimum Gasteiger partial charge on any atom is -0.261 e. The summed E-state index contributed by atoms with van der Waals surface area (Å²) in [5, 5.41) is 0. The molecule has 0 saturated heterocycles. The van der Waals surface area contributed by atoms with E-state index in [4.69, 9.17) is 0 Å². The van der Waals surface area contributed by atoms with E-state index in [9.17, 15) is 13.2 Å². The molecule has 1 aromatic heterocycles. The summed E-state index contributed by atoms with van der Waals surface area (Å²) in [6, 6.07) is 6.15. The maximum Gasteiger partial charge on any atom is 0.379 e. The van der Waals surface area contributed by atoms with Gasteiger partial charge in [0.1, 0.15) is 0 Å². The number of hydrogen-bond acceptors (Lipinski definition) is 1. The number of alkyl halides is 3. The standard InChI is InChI=1S/C12H19N.CHF3/c1-2-3-4-5-6-9-12-10-7-8-11-13-12;2-1(3)4/h7-8,10-11H,2-6,9H2,1H3;1H. The lowest BCUT2D eigenvalue weighted by molar-refractivity contribution is 0.00819. The molecule has 1 aromatic rings. The Morgan fingerprint density at radius 3 is 2.24 bits per heavy atom. The van der Waals surface area contributed by atoms with Crippen molar-refractivity contribution in [3.05, 3.63) is 30.1 Å². The van der Waals surface area contributed by atoms with Crippen molar-refractivity contribution in [2.75, 3.05) is 0 Å². The average molecular weight is 247 g/mol. The highest BCUT2D eigenvalue weighted by Crippen LogP contribution is 2.06. The molecular formula is C13H20F3N. The summed E-state index contributed by atoms with van der Waals surface area (Å²) >= 11 is 0. The molecule has 0 aliphatic heterocycles. The second-order valence-electron chi connectivity index (χ2n) is 3.73. The van der Waals surface area contributed by atoms with Crippen molar-refractivity contribution in [3.8, 4) is 0 Å². The van der Waals surface area contributed by atoms with Crippen LogP contribution >= 0.6 is 0 Å². The van der Waals surface area contributed by atoms with E-state index in [1.807, 2.05) is 12.3 Å². The topological polar surface area (TPSA) is 12.9 Å². The molecular weight excluding hydrogens is 227 g/mol. The molecule has 0 aliphatic carbocycles. The van der Waals surface area contributed by atoms with E-state index in [2.05, 4.69) is 24.0 Å². The molecule has 0 aromatic carbocycles. The van der Waals surface area contributed by atoms with E-state index >= 15 is 0 Å². The Morgan fingerprint density at radius 1 is 1.06 bits per heavy atom. The van der Waals surface area contributed by atoms with E-state index < -0.39 is 6.68 Å². The van der Waals surface area contributed by atoms with Crippen LogP contribution in [0.2, 0.25) is 0 Å². The first-order valence-corrected chi connectivity index (χ1v) is 5.99. The molecule has 1 nitrogen and oxygen atoms in total. The summed E-state index contributed by atoms with van der Waals surface area (Å²) < 4.78 is 29.0. The maximum atomic E-state index is 9.67. The van der Waals surface area contributed by atoms with Gasteiger partial charge in [0, 0.05) is 11.9 Å². The van der Waals surface area contributed by atoms with Gasteiger partial charge in [-0.1, -0.05) is 38.7 Å². The number of pyridine rings is 1. The van der Waals surface area contributed by atoms with Gasteiger partial charge in [0.05, 0.1) is 0 Å². The number of nitrogens with zero attached hydrogens (tertiary/aromatic N) is 1. The molecule has 17 heavy (non-hydrogen) atoms. The zero-order valence-electron chi connectivity index (χ0n) is 10.2. The lowest BCUT2D eigenvalue weighted by atomic mass is 10.1. The van der Waals surface area contributed by atoms with Crippen LogP contribution in [-0.2, 0) is 6.42 Å². The molecule has 0 aliphatic rings. The molecule has 98 valence electrons. The number of rotatable bonds is 6. The van der Waals surface area contributed by atoms with Crippen molar-refractivity contribution in [1.29, 1.82) is 0 Å². The van der Waals surface area contributed by atoms with Crippen LogP contribution in [0.5, 0.6) is 0 Å². The molecule has 1 rings (SSSR count). The lowest BCUT2D eigenvalue weighted by Crippen LogP contribution is -1.88. The predicted octanol–water partition coefficient (Wildman–Crippen LogP) is 4.77. The van der Waals surface area contributed by atoms with E-state index in [1.165, 1.54) is 37.8 Å². The van der Waals surface area contributed by atoms with E-state index in [0.717, 1.165) is 6.42 Å². The van der Waals surface area contributed by atoms with Crippen LogP contribution in [0.4, 0.5) is 13.2 Å². The van der Waals surface area contributed by atoms with Gasteiger partial charge in [-0.3, -0.25) is 4.98 Å². The first-order chi connectivity index (χ1) is 8.16. The minimum absolute atomic E-state index is 1.14. The Kier molecular flexibility index (Phi) is 10.7. The van der Waals surface area contributed by atoms with Gasteiger partial charge in [0.25, 0.3) is 0 Å². The Hall–Kier alpha value is -1.06. The molecule has 0 amide bonds. The molecule has 0 unspecified atom stereocenters. The van der Waals surface area contributed by atoms with Gasteiger partial charge in [-0.05, 0) is 25.0 Å². The van der Waals surface area contributed by atoms with Crippen molar-refractivity contribution in [3.63, 3.8) is 0 Å². The number of aromatic nitrogens is 1. The van der Waals surface area contributed by atoms with Crippen LogP contribution in [0.25, 0.3) is 0 Å². The third-order valence-electron chi connectivity index (χ3n) is 2.26. The summed E-state index contributed by atoms with van der Waals surface area (Å²) in [5.41, 5.74) is 1.24. The van der Waals surface area contributed by atoms with Crippen LogP contribution in [0, 0.1) is 0 Å². The fourth-order valence-electron chi connectivity index (χ4n) is 1.46. The SMILES string of the molecule is CCCCCCCc1ccccn1.FC(F)F. The van der Waals surface area contributed by atoms with Gasteiger partial charge in [-0.2, -0.15) is 13.2 Å². The zero-order valence-corrected chi connectivity index (χ0v) is 10.2.